The van der Waals surface area contributed by atoms with Crippen LogP contribution < -0.4 is 11.1 Å². The van der Waals surface area contributed by atoms with Gasteiger partial charge in [0.1, 0.15) is 6.04 Å². The molecule has 0 spiro atoms. The van der Waals surface area contributed by atoms with Crippen molar-refractivity contribution in [1.29, 1.82) is 0 Å². The van der Waals surface area contributed by atoms with Gasteiger partial charge in [-0.15, -0.1) is 5.10 Å². The minimum atomic E-state index is -1.01. The van der Waals surface area contributed by atoms with Crippen LogP contribution in [0, 0.1) is 0 Å². The third kappa shape index (κ3) is 3.31. The zero-order valence-electron chi connectivity index (χ0n) is 7.42. The van der Waals surface area contributed by atoms with E-state index in [1.165, 1.54) is 12.4 Å². The summed E-state index contributed by atoms with van der Waals surface area (Å²) in [7, 11) is 0. The van der Waals surface area contributed by atoms with E-state index in [2.05, 4.69) is 20.5 Å². The van der Waals surface area contributed by atoms with Crippen molar-refractivity contribution in [1.82, 2.24) is 15.2 Å². The number of hydrogen-bond donors (Lipinski definition) is 3. The highest BCUT2D eigenvalue weighted by Gasteiger charge is 2.10. The van der Waals surface area contributed by atoms with Gasteiger partial charge >= 0.3 is 5.97 Å². The molecule has 14 heavy (non-hydrogen) atoms. The fraction of sp³-hybridized carbons (Fsp3) is 0.429. The van der Waals surface area contributed by atoms with Gasteiger partial charge in [0.15, 0.2) is 0 Å². The summed E-state index contributed by atoms with van der Waals surface area (Å²) in [5.74, 6) is -0.649. The Balaban J connectivity index is 2.26. The molecule has 0 saturated carbocycles. The minimum absolute atomic E-state index is 0.313. The number of carboxylic acids is 1. The highest BCUT2D eigenvalue weighted by molar-refractivity contribution is 5.73. The first kappa shape index (κ1) is 10.3. The summed E-state index contributed by atoms with van der Waals surface area (Å²) >= 11 is 0. The van der Waals surface area contributed by atoms with Crippen LogP contribution in [0.1, 0.15) is 6.42 Å². The number of hydrogen-bond acceptors (Lipinski definition) is 6. The number of carbonyl (C=O) groups is 1. The van der Waals surface area contributed by atoms with Crippen molar-refractivity contribution in [2.45, 2.75) is 12.5 Å². The maximum Gasteiger partial charge on any atom is 0.320 e. The predicted molar refractivity (Wildman–Crippen MR) is 48.5 cm³/mol. The van der Waals surface area contributed by atoms with E-state index >= 15 is 0 Å². The second-order valence-corrected chi connectivity index (χ2v) is 2.63. The maximum atomic E-state index is 10.3. The summed E-state index contributed by atoms with van der Waals surface area (Å²) in [6.45, 7) is 0.402. The fourth-order valence-electron chi connectivity index (χ4n) is 0.792. The number of aliphatic carboxylic acids is 1. The summed E-state index contributed by atoms with van der Waals surface area (Å²) in [4.78, 5) is 14.2. The van der Waals surface area contributed by atoms with Gasteiger partial charge in [0, 0.05) is 6.54 Å². The molecule has 0 amide bonds. The summed E-state index contributed by atoms with van der Waals surface area (Å²) in [6, 6.07) is -0.862. The molecule has 1 rings (SSSR count). The lowest BCUT2D eigenvalue weighted by molar-refractivity contribution is -0.138. The molecule has 0 bridgehead atoms. The lowest BCUT2D eigenvalue weighted by Gasteiger charge is -2.06. The summed E-state index contributed by atoms with van der Waals surface area (Å²) in [5, 5.41) is 18.5. The largest absolute Gasteiger partial charge is 0.480 e. The monoisotopic (exact) mass is 197 g/mol. The second kappa shape index (κ2) is 5.07. The molecule has 0 aliphatic heterocycles. The number of nitrogens with one attached hydrogen (secondary N) is 1. The molecule has 1 heterocycles. The van der Waals surface area contributed by atoms with Crippen LogP contribution in [0.2, 0.25) is 0 Å². The van der Waals surface area contributed by atoms with Gasteiger partial charge < -0.3 is 16.2 Å². The molecule has 0 saturated heterocycles. The van der Waals surface area contributed by atoms with E-state index in [0.29, 0.717) is 18.9 Å². The van der Waals surface area contributed by atoms with E-state index in [1.807, 2.05) is 0 Å². The lowest BCUT2D eigenvalue weighted by Crippen LogP contribution is -2.32. The van der Waals surface area contributed by atoms with Crippen molar-refractivity contribution in [3.8, 4) is 0 Å². The molecule has 0 radical (unpaired) electrons. The quantitative estimate of drug-likeness (QED) is 0.559. The van der Waals surface area contributed by atoms with Gasteiger partial charge in [0.2, 0.25) is 5.95 Å². The third-order valence-electron chi connectivity index (χ3n) is 1.54. The van der Waals surface area contributed by atoms with E-state index < -0.39 is 12.0 Å². The van der Waals surface area contributed by atoms with Crippen molar-refractivity contribution in [2.24, 2.45) is 5.73 Å². The topological polar surface area (TPSA) is 114 Å². The fourth-order valence-corrected chi connectivity index (χ4v) is 0.792. The van der Waals surface area contributed by atoms with E-state index in [-0.39, 0.29) is 0 Å². The van der Waals surface area contributed by atoms with Crippen LogP contribution >= 0.6 is 0 Å². The highest BCUT2D eigenvalue weighted by atomic mass is 16.4. The Morgan fingerprint density at radius 3 is 3.00 bits per heavy atom. The molecule has 76 valence electrons. The van der Waals surface area contributed by atoms with Gasteiger partial charge in [-0.05, 0) is 6.42 Å². The predicted octanol–water partition coefficient (Wildman–Crippen LogP) is -0.915. The number of nitrogens with two attached hydrogens (primary N) is 1. The molecule has 1 aromatic heterocycles. The highest BCUT2D eigenvalue weighted by Crippen LogP contribution is 1.94. The molecule has 4 N–H and O–H groups in total. The molecule has 7 heteroatoms. The van der Waals surface area contributed by atoms with E-state index in [9.17, 15) is 4.79 Å². The first-order chi connectivity index (χ1) is 6.70. The normalized spacial score (nSPS) is 12.1. The molecule has 0 aromatic carbocycles. The smallest absolute Gasteiger partial charge is 0.320 e. The van der Waals surface area contributed by atoms with Crippen LogP contribution in [-0.2, 0) is 4.79 Å². The van der Waals surface area contributed by atoms with Crippen LogP contribution in [0.15, 0.2) is 12.4 Å². The number of carboxylic acid groups (broad SMARTS) is 1. The third-order valence-corrected chi connectivity index (χ3v) is 1.54. The molecule has 1 aromatic rings. The van der Waals surface area contributed by atoms with Crippen molar-refractivity contribution in [3.63, 3.8) is 0 Å². The molecule has 0 unspecified atom stereocenters. The Morgan fingerprint density at radius 2 is 2.43 bits per heavy atom. The number of rotatable bonds is 5. The molecular formula is C7H11N5O2. The SMILES string of the molecule is N[C@@H](CCNc1nccnn1)C(=O)O. The summed E-state index contributed by atoms with van der Waals surface area (Å²) < 4.78 is 0. The van der Waals surface area contributed by atoms with E-state index in [1.54, 1.807) is 0 Å². The van der Waals surface area contributed by atoms with Crippen molar-refractivity contribution >= 4 is 11.9 Å². The van der Waals surface area contributed by atoms with Crippen LogP contribution in [0.25, 0.3) is 0 Å². The molecule has 0 aliphatic rings. The van der Waals surface area contributed by atoms with Crippen LogP contribution in [0.4, 0.5) is 5.95 Å². The molecular weight excluding hydrogens is 186 g/mol. The van der Waals surface area contributed by atoms with Gasteiger partial charge in [-0.2, -0.15) is 5.10 Å². The average Bonchev–Trinajstić information content (AvgIpc) is 2.19. The first-order valence-corrected chi connectivity index (χ1v) is 4.06. The van der Waals surface area contributed by atoms with Gasteiger partial charge in [0.05, 0.1) is 12.4 Å². The number of aromatic nitrogens is 3. The second-order valence-electron chi connectivity index (χ2n) is 2.63. The first-order valence-electron chi connectivity index (χ1n) is 4.06. The Labute approximate surface area is 80.4 Å². The van der Waals surface area contributed by atoms with Crippen LogP contribution in [0.3, 0.4) is 0 Å². The van der Waals surface area contributed by atoms with E-state index in [4.69, 9.17) is 10.8 Å². The minimum Gasteiger partial charge on any atom is -0.480 e. The molecule has 0 fully saturated rings. The average molecular weight is 197 g/mol. The Morgan fingerprint density at radius 1 is 1.64 bits per heavy atom. The lowest BCUT2D eigenvalue weighted by atomic mass is 10.2. The van der Waals surface area contributed by atoms with Gasteiger partial charge in [-0.1, -0.05) is 0 Å². The van der Waals surface area contributed by atoms with Crippen molar-refractivity contribution in [3.05, 3.63) is 12.4 Å². The van der Waals surface area contributed by atoms with Crippen molar-refractivity contribution in [2.75, 3.05) is 11.9 Å². The Bertz CT molecular complexity index is 291. The number of nitrogens with zero attached hydrogens (tertiary/aromatic N) is 3. The molecule has 0 aliphatic carbocycles. The zero-order chi connectivity index (χ0) is 10.4. The van der Waals surface area contributed by atoms with Crippen LogP contribution in [0.5, 0.6) is 0 Å². The standard InChI is InChI=1S/C7H11N5O2/c8-5(6(13)14)1-2-9-7-10-3-4-11-12-7/h3-5H,1-2,8H2,(H,13,14)(H,9,10,12)/t5-/m0/s1. The van der Waals surface area contributed by atoms with Gasteiger partial charge in [-0.25, -0.2) is 4.98 Å². The van der Waals surface area contributed by atoms with Crippen molar-refractivity contribution < 1.29 is 9.90 Å². The summed E-state index contributed by atoms with van der Waals surface area (Å²) in [5.41, 5.74) is 5.28. The summed E-state index contributed by atoms with van der Waals surface area (Å²) in [6.07, 6.45) is 3.26. The van der Waals surface area contributed by atoms with E-state index in [0.717, 1.165) is 0 Å². The van der Waals surface area contributed by atoms with Crippen LogP contribution in [-0.4, -0.2) is 38.8 Å². The number of anilines is 1. The molecule has 1 atom stereocenters. The van der Waals surface area contributed by atoms with Gasteiger partial charge in [0.25, 0.3) is 0 Å². The Kier molecular flexibility index (Phi) is 3.74. The van der Waals surface area contributed by atoms with Gasteiger partial charge in [-0.3, -0.25) is 4.79 Å². The Hall–Kier alpha value is -1.76. The zero-order valence-corrected chi connectivity index (χ0v) is 7.42. The molecule has 7 nitrogen and oxygen atoms in total. The maximum absolute atomic E-state index is 10.3.